The van der Waals surface area contributed by atoms with Gasteiger partial charge in [-0.2, -0.15) is 0 Å². The molecular weight excluding hydrogens is 288 g/mol. The lowest BCUT2D eigenvalue weighted by Gasteiger charge is -2.08. The summed E-state index contributed by atoms with van der Waals surface area (Å²) in [6, 6.07) is 15.4. The lowest BCUT2D eigenvalue weighted by molar-refractivity contribution is 0.101. The molecule has 110 valence electrons. The number of Topliss-reactive ketones (excluding diaryl/α,β-unsaturated/α-hetero) is 1. The number of sulfone groups is 1. The Morgan fingerprint density at radius 2 is 1.62 bits per heavy atom. The van der Waals surface area contributed by atoms with Crippen LogP contribution in [0.1, 0.15) is 15.9 Å². The Morgan fingerprint density at radius 1 is 1.00 bits per heavy atom. The fraction of sp³-hybridized carbons (Fsp3) is 0.188. The van der Waals surface area contributed by atoms with Crippen molar-refractivity contribution >= 4 is 15.6 Å². The summed E-state index contributed by atoms with van der Waals surface area (Å²) >= 11 is 0. The van der Waals surface area contributed by atoms with E-state index in [4.69, 9.17) is 4.74 Å². The number of ether oxygens (including phenoxy) is 1. The van der Waals surface area contributed by atoms with Gasteiger partial charge in [0.1, 0.15) is 11.5 Å². The molecule has 0 atom stereocenters. The average molecular weight is 304 g/mol. The van der Waals surface area contributed by atoms with E-state index in [9.17, 15) is 13.2 Å². The van der Waals surface area contributed by atoms with Gasteiger partial charge in [-0.15, -0.1) is 0 Å². The maximum atomic E-state index is 12.2. The Balaban J connectivity index is 2.15. The van der Waals surface area contributed by atoms with Crippen molar-refractivity contribution in [2.24, 2.45) is 0 Å². The number of para-hydroxylation sites is 1. The molecule has 0 amide bonds. The maximum absolute atomic E-state index is 12.2. The monoisotopic (exact) mass is 304 g/mol. The lowest BCUT2D eigenvalue weighted by Crippen LogP contribution is -2.18. The van der Waals surface area contributed by atoms with Gasteiger partial charge in [0.25, 0.3) is 0 Å². The summed E-state index contributed by atoms with van der Waals surface area (Å²) in [5.74, 6) is -0.738. The minimum absolute atomic E-state index is 0.144. The number of hydrogen-bond acceptors (Lipinski definition) is 4. The predicted octanol–water partition coefficient (Wildman–Crippen LogP) is 2.49. The van der Waals surface area contributed by atoms with Crippen molar-refractivity contribution in [2.45, 2.75) is 5.75 Å². The highest BCUT2D eigenvalue weighted by molar-refractivity contribution is 7.91. The van der Waals surface area contributed by atoms with Crippen molar-refractivity contribution in [2.75, 3.05) is 12.9 Å². The molecule has 0 heterocycles. The van der Waals surface area contributed by atoms with Gasteiger partial charge in [0.15, 0.2) is 15.6 Å². The Hall–Kier alpha value is -2.14. The molecule has 0 saturated heterocycles. The van der Waals surface area contributed by atoms with E-state index in [0.29, 0.717) is 11.3 Å². The normalized spacial score (nSPS) is 11.1. The van der Waals surface area contributed by atoms with Gasteiger partial charge in [0.05, 0.1) is 18.4 Å². The SMILES string of the molecule is COc1ccccc1C(=O)CS(=O)(=O)Cc1ccccc1. The number of hydrogen-bond donors (Lipinski definition) is 0. The second-order valence-corrected chi connectivity index (χ2v) is 6.71. The van der Waals surface area contributed by atoms with Crippen LogP contribution in [-0.2, 0) is 15.6 Å². The van der Waals surface area contributed by atoms with Crippen molar-refractivity contribution in [1.82, 2.24) is 0 Å². The number of rotatable bonds is 6. The smallest absolute Gasteiger partial charge is 0.181 e. The van der Waals surface area contributed by atoms with E-state index in [1.54, 1.807) is 48.5 Å². The van der Waals surface area contributed by atoms with Crippen molar-refractivity contribution in [1.29, 1.82) is 0 Å². The number of benzene rings is 2. The summed E-state index contributed by atoms with van der Waals surface area (Å²) in [6.07, 6.45) is 0. The van der Waals surface area contributed by atoms with Crippen LogP contribution in [0.4, 0.5) is 0 Å². The van der Waals surface area contributed by atoms with Crippen molar-refractivity contribution in [3.8, 4) is 5.75 Å². The standard InChI is InChI=1S/C16H16O4S/c1-20-16-10-6-5-9-14(16)15(17)12-21(18,19)11-13-7-3-2-4-8-13/h2-10H,11-12H2,1H3. The van der Waals surface area contributed by atoms with Gasteiger partial charge in [-0.1, -0.05) is 42.5 Å². The Kier molecular flexibility index (Phi) is 4.75. The van der Waals surface area contributed by atoms with E-state index in [-0.39, 0.29) is 11.3 Å². The highest BCUT2D eigenvalue weighted by atomic mass is 32.2. The van der Waals surface area contributed by atoms with Crippen LogP contribution in [0.3, 0.4) is 0 Å². The predicted molar refractivity (Wildman–Crippen MR) is 81.3 cm³/mol. The third kappa shape index (κ3) is 4.16. The molecule has 2 rings (SSSR count). The first-order valence-electron chi connectivity index (χ1n) is 6.42. The maximum Gasteiger partial charge on any atom is 0.181 e. The molecule has 0 bridgehead atoms. The number of methoxy groups -OCH3 is 1. The molecule has 2 aromatic carbocycles. The van der Waals surface area contributed by atoms with Crippen LogP contribution >= 0.6 is 0 Å². The van der Waals surface area contributed by atoms with E-state index in [0.717, 1.165) is 0 Å². The summed E-state index contributed by atoms with van der Waals surface area (Å²) in [4.78, 5) is 12.2. The van der Waals surface area contributed by atoms with Gasteiger partial charge in [-0.05, 0) is 17.7 Å². The van der Waals surface area contributed by atoms with Crippen LogP contribution in [0, 0.1) is 0 Å². The molecule has 5 heteroatoms. The second-order valence-electron chi connectivity index (χ2n) is 4.64. The number of carbonyl (C=O) groups excluding carboxylic acids is 1. The largest absolute Gasteiger partial charge is 0.496 e. The van der Waals surface area contributed by atoms with Crippen LogP contribution < -0.4 is 4.74 Å². The quantitative estimate of drug-likeness (QED) is 0.769. The molecule has 0 saturated carbocycles. The fourth-order valence-corrected chi connectivity index (χ4v) is 3.39. The first-order valence-corrected chi connectivity index (χ1v) is 8.24. The molecular formula is C16H16O4S. The zero-order chi connectivity index (χ0) is 15.3. The van der Waals surface area contributed by atoms with E-state index < -0.39 is 21.4 Å². The zero-order valence-corrected chi connectivity index (χ0v) is 12.5. The van der Waals surface area contributed by atoms with E-state index in [2.05, 4.69) is 0 Å². The highest BCUT2D eigenvalue weighted by Gasteiger charge is 2.20. The summed E-state index contributed by atoms with van der Waals surface area (Å²) in [5, 5.41) is 0. The Labute approximate surface area is 124 Å². The fourth-order valence-electron chi connectivity index (χ4n) is 2.03. The molecule has 0 aliphatic heterocycles. The first-order chi connectivity index (χ1) is 10.0. The minimum atomic E-state index is -3.51. The molecule has 0 spiro atoms. The van der Waals surface area contributed by atoms with Gasteiger partial charge in [-0.3, -0.25) is 4.79 Å². The van der Waals surface area contributed by atoms with Crippen molar-refractivity contribution < 1.29 is 17.9 Å². The first kappa shape index (κ1) is 15.3. The van der Waals surface area contributed by atoms with Crippen LogP contribution in [0.2, 0.25) is 0 Å². The van der Waals surface area contributed by atoms with Crippen molar-refractivity contribution in [3.05, 3.63) is 65.7 Å². The molecule has 0 unspecified atom stereocenters. The zero-order valence-electron chi connectivity index (χ0n) is 11.7. The minimum Gasteiger partial charge on any atom is -0.496 e. The molecule has 0 radical (unpaired) electrons. The van der Waals surface area contributed by atoms with Gasteiger partial charge in [0, 0.05) is 0 Å². The Bertz CT molecular complexity index is 721. The van der Waals surface area contributed by atoms with Gasteiger partial charge in [-0.25, -0.2) is 8.42 Å². The van der Waals surface area contributed by atoms with Crippen LogP contribution in [-0.4, -0.2) is 27.1 Å². The molecule has 0 aliphatic carbocycles. The average Bonchev–Trinajstić information content (AvgIpc) is 2.47. The van der Waals surface area contributed by atoms with Crippen LogP contribution in [0.5, 0.6) is 5.75 Å². The second kappa shape index (κ2) is 6.54. The summed E-state index contributed by atoms with van der Waals surface area (Å²) in [5.41, 5.74) is 0.960. The highest BCUT2D eigenvalue weighted by Crippen LogP contribution is 2.19. The number of carbonyl (C=O) groups is 1. The molecule has 0 aromatic heterocycles. The molecule has 0 aliphatic rings. The molecule has 0 N–H and O–H groups in total. The van der Waals surface area contributed by atoms with Gasteiger partial charge in [0.2, 0.25) is 0 Å². The van der Waals surface area contributed by atoms with E-state index in [1.807, 2.05) is 6.07 Å². The summed E-state index contributed by atoms with van der Waals surface area (Å²) in [7, 11) is -2.06. The number of ketones is 1. The molecule has 2 aromatic rings. The van der Waals surface area contributed by atoms with E-state index in [1.165, 1.54) is 7.11 Å². The van der Waals surface area contributed by atoms with Crippen LogP contribution in [0.25, 0.3) is 0 Å². The molecule has 0 fully saturated rings. The third-order valence-corrected chi connectivity index (χ3v) is 4.46. The van der Waals surface area contributed by atoms with Gasteiger partial charge < -0.3 is 4.74 Å². The topological polar surface area (TPSA) is 60.4 Å². The lowest BCUT2D eigenvalue weighted by atomic mass is 10.1. The van der Waals surface area contributed by atoms with Gasteiger partial charge >= 0.3 is 0 Å². The summed E-state index contributed by atoms with van der Waals surface area (Å²) in [6.45, 7) is 0. The van der Waals surface area contributed by atoms with Crippen LogP contribution in [0.15, 0.2) is 54.6 Å². The molecule has 21 heavy (non-hydrogen) atoms. The summed E-state index contributed by atoms with van der Waals surface area (Å²) < 4.78 is 29.3. The Morgan fingerprint density at radius 3 is 2.29 bits per heavy atom. The third-order valence-electron chi connectivity index (χ3n) is 2.99. The molecule has 4 nitrogen and oxygen atoms in total. The van der Waals surface area contributed by atoms with Crippen molar-refractivity contribution in [3.63, 3.8) is 0 Å². The van der Waals surface area contributed by atoms with E-state index >= 15 is 0 Å².